The molecule has 0 spiro atoms. The Morgan fingerprint density at radius 3 is 2.77 bits per heavy atom. The minimum absolute atomic E-state index is 0.0519. The van der Waals surface area contributed by atoms with Gasteiger partial charge in [0.2, 0.25) is 10.0 Å². The largest absolute Gasteiger partial charge is 0.386 e. The smallest absolute Gasteiger partial charge is 0.211 e. The highest BCUT2D eigenvalue weighted by molar-refractivity contribution is 7.88. The summed E-state index contributed by atoms with van der Waals surface area (Å²) in [5.74, 6) is 0.237. The fourth-order valence-electron chi connectivity index (χ4n) is 3.22. The number of nitrogens with one attached hydrogen (secondary N) is 1. The average molecular weight is 318 g/mol. The molecular weight excluding hydrogens is 296 g/mol. The second-order valence-corrected chi connectivity index (χ2v) is 7.97. The number of benzene rings is 1. The van der Waals surface area contributed by atoms with Gasteiger partial charge in [-0.25, -0.2) is 8.42 Å². The van der Waals surface area contributed by atoms with Crippen LogP contribution in [0.15, 0.2) is 54.3 Å². The summed E-state index contributed by atoms with van der Waals surface area (Å²) in [6.07, 6.45) is 9.16. The molecule has 1 aromatic carbocycles. The van der Waals surface area contributed by atoms with Crippen LogP contribution in [0, 0.1) is 5.92 Å². The minimum Gasteiger partial charge on any atom is -0.386 e. The molecule has 2 aliphatic rings. The highest BCUT2D eigenvalue weighted by atomic mass is 32.2. The molecule has 5 heteroatoms. The second kappa shape index (κ2) is 6.26. The molecular formula is C17H22N2O2S. The molecule has 0 aromatic heterocycles. The third kappa shape index (κ3) is 3.42. The van der Waals surface area contributed by atoms with Crippen LogP contribution in [0.5, 0.6) is 0 Å². The van der Waals surface area contributed by atoms with Crippen molar-refractivity contribution in [2.24, 2.45) is 5.92 Å². The maximum atomic E-state index is 12.3. The fourth-order valence-corrected chi connectivity index (χ4v) is 4.37. The molecule has 1 aromatic rings. The van der Waals surface area contributed by atoms with E-state index in [0.717, 1.165) is 18.5 Å². The van der Waals surface area contributed by atoms with Gasteiger partial charge in [-0.05, 0) is 24.5 Å². The molecule has 1 fully saturated rings. The van der Waals surface area contributed by atoms with Gasteiger partial charge in [-0.1, -0.05) is 42.5 Å². The fraction of sp³-hybridized carbons (Fsp3) is 0.412. The van der Waals surface area contributed by atoms with Gasteiger partial charge in [0.05, 0.1) is 6.26 Å². The maximum absolute atomic E-state index is 12.3. The number of fused-ring (bicyclic) bond motifs is 1. The SMILES string of the molecule is CS(=O)(=O)N1CC2CC=CC=C2NCC1Cc1ccccc1. The van der Waals surface area contributed by atoms with Gasteiger partial charge in [0.15, 0.2) is 0 Å². The van der Waals surface area contributed by atoms with Gasteiger partial charge in [0.1, 0.15) is 0 Å². The lowest BCUT2D eigenvalue weighted by atomic mass is 9.97. The third-order valence-corrected chi connectivity index (χ3v) is 5.66. The topological polar surface area (TPSA) is 49.4 Å². The van der Waals surface area contributed by atoms with Crippen LogP contribution < -0.4 is 5.32 Å². The Labute approximate surface area is 132 Å². The van der Waals surface area contributed by atoms with Crippen molar-refractivity contribution in [3.8, 4) is 0 Å². The lowest BCUT2D eigenvalue weighted by Crippen LogP contribution is -2.45. The Balaban J connectivity index is 1.86. The van der Waals surface area contributed by atoms with Crippen LogP contribution in [0.3, 0.4) is 0 Å². The molecule has 1 saturated heterocycles. The van der Waals surface area contributed by atoms with Crippen molar-refractivity contribution in [1.82, 2.24) is 9.62 Å². The highest BCUT2D eigenvalue weighted by Crippen LogP contribution is 2.26. The van der Waals surface area contributed by atoms with E-state index >= 15 is 0 Å². The Morgan fingerprint density at radius 1 is 1.27 bits per heavy atom. The van der Waals surface area contributed by atoms with Crippen molar-refractivity contribution in [1.29, 1.82) is 0 Å². The molecule has 0 bridgehead atoms. The Hall–Kier alpha value is -1.59. The number of nitrogens with zero attached hydrogens (tertiary/aromatic N) is 1. The van der Waals surface area contributed by atoms with E-state index in [1.807, 2.05) is 24.3 Å². The third-order valence-electron chi connectivity index (χ3n) is 4.36. The van der Waals surface area contributed by atoms with Gasteiger partial charge in [0, 0.05) is 30.7 Å². The minimum atomic E-state index is -3.23. The first-order valence-corrected chi connectivity index (χ1v) is 9.50. The highest BCUT2D eigenvalue weighted by Gasteiger charge is 2.33. The first kappa shape index (κ1) is 15.3. The van der Waals surface area contributed by atoms with Crippen LogP contribution in [-0.2, 0) is 16.4 Å². The van der Waals surface area contributed by atoms with Gasteiger partial charge >= 0.3 is 0 Å². The molecule has 1 aliphatic carbocycles. The normalized spacial score (nSPS) is 25.8. The summed E-state index contributed by atoms with van der Waals surface area (Å²) in [5, 5.41) is 3.46. The molecule has 0 radical (unpaired) electrons. The molecule has 4 nitrogen and oxygen atoms in total. The molecule has 1 aliphatic heterocycles. The molecule has 0 amide bonds. The van der Waals surface area contributed by atoms with Gasteiger partial charge in [-0.15, -0.1) is 0 Å². The summed E-state index contributed by atoms with van der Waals surface area (Å²) in [7, 11) is -3.23. The van der Waals surface area contributed by atoms with E-state index in [9.17, 15) is 8.42 Å². The molecule has 3 rings (SSSR count). The first-order valence-electron chi connectivity index (χ1n) is 7.65. The molecule has 1 N–H and O–H groups in total. The maximum Gasteiger partial charge on any atom is 0.211 e. The quantitative estimate of drug-likeness (QED) is 0.926. The van der Waals surface area contributed by atoms with Gasteiger partial charge in [-0.3, -0.25) is 0 Å². The first-order chi connectivity index (χ1) is 10.5. The van der Waals surface area contributed by atoms with Crippen molar-refractivity contribution in [2.45, 2.75) is 18.9 Å². The lowest BCUT2D eigenvalue weighted by Gasteiger charge is -2.29. The molecule has 118 valence electrons. The van der Waals surface area contributed by atoms with Crippen molar-refractivity contribution < 1.29 is 8.42 Å². The van der Waals surface area contributed by atoms with Crippen molar-refractivity contribution in [3.05, 3.63) is 59.8 Å². The summed E-state index contributed by atoms with van der Waals surface area (Å²) in [6.45, 7) is 1.21. The van der Waals surface area contributed by atoms with E-state index in [2.05, 4.69) is 29.6 Å². The zero-order valence-electron chi connectivity index (χ0n) is 12.8. The Bertz CT molecular complexity index is 680. The molecule has 0 saturated carbocycles. The van der Waals surface area contributed by atoms with E-state index < -0.39 is 10.0 Å². The number of hydrogen-bond acceptors (Lipinski definition) is 3. The van der Waals surface area contributed by atoms with E-state index in [4.69, 9.17) is 0 Å². The van der Waals surface area contributed by atoms with Crippen LogP contribution in [0.2, 0.25) is 0 Å². The summed E-state index contributed by atoms with van der Waals surface area (Å²) in [6, 6.07) is 10.0. The monoisotopic (exact) mass is 318 g/mol. The van der Waals surface area contributed by atoms with Crippen molar-refractivity contribution >= 4 is 10.0 Å². The summed E-state index contributed by atoms with van der Waals surface area (Å²) < 4.78 is 26.2. The predicted octanol–water partition coefficient (Wildman–Crippen LogP) is 1.92. The zero-order chi connectivity index (χ0) is 15.6. The van der Waals surface area contributed by atoms with Gasteiger partial charge in [0.25, 0.3) is 0 Å². The molecule has 2 atom stereocenters. The van der Waals surface area contributed by atoms with Gasteiger partial charge < -0.3 is 5.32 Å². The number of allylic oxidation sites excluding steroid dienone is 3. The predicted molar refractivity (Wildman–Crippen MR) is 88.8 cm³/mol. The van der Waals surface area contributed by atoms with Gasteiger partial charge in [-0.2, -0.15) is 4.31 Å². The molecule has 22 heavy (non-hydrogen) atoms. The van der Waals surface area contributed by atoms with Crippen LogP contribution in [0.1, 0.15) is 12.0 Å². The summed E-state index contributed by atoms with van der Waals surface area (Å²) >= 11 is 0. The van der Waals surface area contributed by atoms with Crippen LogP contribution in [0.4, 0.5) is 0 Å². The van der Waals surface area contributed by atoms with Crippen LogP contribution in [0.25, 0.3) is 0 Å². The van der Waals surface area contributed by atoms with E-state index in [0.29, 0.717) is 13.1 Å². The Morgan fingerprint density at radius 2 is 2.05 bits per heavy atom. The number of hydrogen-bond donors (Lipinski definition) is 1. The van der Waals surface area contributed by atoms with Crippen LogP contribution >= 0.6 is 0 Å². The van der Waals surface area contributed by atoms with Crippen LogP contribution in [-0.4, -0.2) is 38.1 Å². The molecule has 2 unspecified atom stereocenters. The number of rotatable bonds is 3. The molecule has 1 heterocycles. The van der Waals surface area contributed by atoms with Crippen molar-refractivity contribution in [2.75, 3.05) is 19.3 Å². The average Bonchev–Trinajstić information content (AvgIpc) is 2.68. The van der Waals surface area contributed by atoms with Crippen molar-refractivity contribution in [3.63, 3.8) is 0 Å². The van der Waals surface area contributed by atoms with E-state index in [-0.39, 0.29) is 12.0 Å². The lowest BCUT2D eigenvalue weighted by molar-refractivity contribution is 0.310. The standard InChI is InChI=1S/C17H22N2O2S/c1-22(20,21)19-13-15-9-5-6-10-17(15)18-12-16(19)11-14-7-3-2-4-8-14/h2-8,10,15-16,18H,9,11-13H2,1H3. The van der Waals surface area contributed by atoms with E-state index in [1.165, 1.54) is 11.8 Å². The summed E-state index contributed by atoms with van der Waals surface area (Å²) in [4.78, 5) is 0. The second-order valence-electron chi connectivity index (χ2n) is 6.04. The Kier molecular flexibility index (Phi) is 4.36. The summed E-state index contributed by atoms with van der Waals surface area (Å²) in [5.41, 5.74) is 2.33. The van der Waals surface area contributed by atoms with E-state index in [1.54, 1.807) is 4.31 Å². The zero-order valence-corrected chi connectivity index (χ0v) is 13.6. The number of sulfonamides is 1.